The summed E-state index contributed by atoms with van der Waals surface area (Å²) >= 11 is 0. The van der Waals surface area contributed by atoms with Crippen LogP contribution in [0.1, 0.15) is 5.56 Å². The molecule has 0 radical (unpaired) electrons. The molecule has 102 valence electrons. The number of benzene rings is 2. The summed E-state index contributed by atoms with van der Waals surface area (Å²) in [5.41, 5.74) is 0.459. The highest BCUT2D eigenvalue weighted by atomic mass is 16.4. The van der Waals surface area contributed by atoms with Crippen LogP contribution < -0.4 is 10.2 Å². The Kier molecular flexibility index (Phi) is 3.16. The van der Waals surface area contributed by atoms with E-state index in [0.29, 0.717) is 13.1 Å². The van der Waals surface area contributed by atoms with E-state index >= 15 is 0 Å². The zero-order valence-corrected chi connectivity index (χ0v) is 11.0. The minimum atomic E-state index is -1.19. The Balaban J connectivity index is 2.13. The number of anilines is 1. The number of carbonyl (C=O) groups is 1. The van der Waals surface area contributed by atoms with Gasteiger partial charge in [0.1, 0.15) is 0 Å². The lowest BCUT2D eigenvalue weighted by atomic mass is 9.98. The monoisotopic (exact) mass is 268 g/mol. The number of hydrogen-bond donors (Lipinski definition) is 2. The van der Waals surface area contributed by atoms with E-state index < -0.39 is 11.6 Å². The molecular weight excluding hydrogens is 252 g/mol. The standard InChI is InChI=1S/C16H16N2O2/c19-15(20)16(13-7-3-1-4-8-13)17-11-12-18(16)14-9-5-2-6-10-14/h1-10,17H,11-12H2,(H,19,20). The lowest BCUT2D eigenvalue weighted by Gasteiger charge is -2.36. The van der Waals surface area contributed by atoms with Gasteiger partial charge in [-0.15, -0.1) is 0 Å². The summed E-state index contributed by atoms with van der Waals surface area (Å²) in [5, 5.41) is 13.0. The fraction of sp³-hybridized carbons (Fsp3) is 0.188. The van der Waals surface area contributed by atoms with Gasteiger partial charge in [-0.05, 0) is 12.1 Å². The Morgan fingerprint density at radius 2 is 1.65 bits per heavy atom. The highest BCUT2D eigenvalue weighted by Gasteiger charge is 2.49. The highest BCUT2D eigenvalue weighted by Crippen LogP contribution is 2.34. The lowest BCUT2D eigenvalue weighted by molar-refractivity contribution is -0.144. The van der Waals surface area contributed by atoms with Gasteiger partial charge in [0, 0.05) is 24.3 Å². The van der Waals surface area contributed by atoms with Crippen molar-refractivity contribution >= 4 is 11.7 Å². The molecule has 1 fully saturated rings. The molecule has 1 aliphatic rings. The predicted octanol–water partition coefficient (Wildman–Crippen LogP) is 2.03. The van der Waals surface area contributed by atoms with Gasteiger partial charge in [-0.3, -0.25) is 5.32 Å². The van der Waals surface area contributed by atoms with Crippen LogP contribution in [-0.4, -0.2) is 24.2 Å². The van der Waals surface area contributed by atoms with Crippen molar-refractivity contribution in [1.82, 2.24) is 5.32 Å². The third-order valence-electron chi connectivity index (χ3n) is 3.69. The molecule has 2 N–H and O–H groups in total. The average Bonchev–Trinajstić information content (AvgIpc) is 2.95. The Labute approximate surface area is 117 Å². The number of aliphatic carboxylic acids is 1. The van der Waals surface area contributed by atoms with Gasteiger partial charge in [0.2, 0.25) is 5.66 Å². The van der Waals surface area contributed by atoms with E-state index in [2.05, 4.69) is 5.32 Å². The summed E-state index contributed by atoms with van der Waals surface area (Å²) in [6.45, 7) is 1.29. The van der Waals surface area contributed by atoms with E-state index in [0.717, 1.165) is 11.3 Å². The van der Waals surface area contributed by atoms with Gasteiger partial charge in [0.15, 0.2) is 0 Å². The molecule has 3 rings (SSSR count). The number of para-hydroxylation sites is 1. The Bertz CT molecular complexity index is 600. The number of nitrogens with zero attached hydrogens (tertiary/aromatic N) is 1. The van der Waals surface area contributed by atoms with Gasteiger partial charge in [0.05, 0.1) is 0 Å². The fourth-order valence-electron chi connectivity index (χ4n) is 2.79. The summed E-state index contributed by atoms with van der Waals surface area (Å²) in [5.74, 6) is -0.884. The van der Waals surface area contributed by atoms with E-state index in [9.17, 15) is 9.90 Å². The largest absolute Gasteiger partial charge is 0.478 e. The molecule has 1 aliphatic heterocycles. The lowest BCUT2D eigenvalue weighted by Crippen LogP contribution is -2.55. The number of hydrogen-bond acceptors (Lipinski definition) is 3. The van der Waals surface area contributed by atoms with Crippen molar-refractivity contribution in [3.05, 3.63) is 66.2 Å². The first-order valence-electron chi connectivity index (χ1n) is 6.62. The molecule has 1 atom stereocenters. The quantitative estimate of drug-likeness (QED) is 0.894. The van der Waals surface area contributed by atoms with E-state index in [-0.39, 0.29) is 0 Å². The number of nitrogens with one attached hydrogen (secondary N) is 1. The Morgan fingerprint density at radius 1 is 1.05 bits per heavy atom. The number of carboxylic acids is 1. The van der Waals surface area contributed by atoms with E-state index in [1.807, 2.05) is 65.6 Å². The van der Waals surface area contributed by atoms with Crippen LogP contribution in [0, 0.1) is 0 Å². The first-order valence-corrected chi connectivity index (χ1v) is 6.62. The van der Waals surface area contributed by atoms with E-state index in [4.69, 9.17) is 0 Å². The van der Waals surface area contributed by atoms with Gasteiger partial charge in [0.25, 0.3) is 0 Å². The Morgan fingerprint density at radius 3 is 2.25 bits per heavy atom. The molecular formula is C16H16N2O2. The molecule has 2 aromatic rings. The van der Waals surface area contributed by atoms with Crippen LogP contribution in [0.3, 0.4) is 0 Å². The van der Waals surface area contributed by atoms with Gasteiger partial charge < -0.3 is 10.0 Å². The van der Waals surface area contributed by atoms with Crippen molar-refractivity contribution in [2.45, 2.75) is 5.66 Å². The molecule has 4 nitrogen and oxygen atoms in total. The highest BCUT2D eigenvalue weighted by molar-refractivity contribution is 5.85. The molecule has 0 aliphatic carbocycles. The fourth-order valence-corrected chi connectivity index (χ4v) is 2.79. The van der Waals surface area contributed by atoms with Gasteiger partial charge in [-0.25, -0.2) is 4.79 Å². The van der Waals surface area contributed by atoms with E-state index in [1.54, 1.807) is 0 Å². The van der Waals surface area contributed by atoms with Crippen LogP contribution in [0.25, 0.3) is 0 Å². The molecule has 0 amide bonds. The third kappa shape index (κ3) is 1.85. The number of rotatable bonds is 3. The topological polar surface area (TPSA) is 52.6 Å². The maximum Gasteiger partial charge on any atom is 0.349 e. The second-order valence-corrected chi connectivity index (χ2v) is 4.80. The molecule has 1 saturated heterocycles. The zero-order valence-electron chi connectivity index (χ0n) is 11.0. The minimum absolute atomic E-state index is 0.635. The maximum atomic E-state index is 12.0. The average molecular weight is 268 g/mol. The molecule has 0 bridgehead atoms. The molecule has 1 heterocycles. The van der Waals surface area contributed by atoms with Crippen molar-refractivity contribution in [3.8, 4) is 0 Å². The summed E-state index contributed by atoms with van der Waals surface area (Å²) in [6.07, 6.45) is 0. The van der Waals surface area contributed by atoms with Crippen LogP contribution in [0.5, 0.6) is 0 Å². The second kappa shape index (κ2) is 4.98. The van der Waals surface area contributed by atoms with Crippen molar-refractivity contribution < 1.29 is 9.90 Å². The smallest absolute Gasteiger partial charge is 0.349 e. The van der Waals surface area contributed by atoms with Crippen molar-refractivity contribution in [2.24, 2.45) is 0 Å². The SMILES string of the molecule is O=C(O)C1(c2ccccc2)NCCN1c1ccccc1. The third-order valence-corrected chi connectivity index (χ3v) is 3.69. The molecule has 0 aromatic heterocycles. The normalized spacial score (nSPS) is 21.9. The van der Waals surface area contributed by atoms with Gasteiger partial charge in [-0.1, -0.05) is 48.5 Å². The van der Waals surface area contributed by atoms with Crippen LogP contribution in [0.2, 0.25) is 0 Å². The van der Waals surface area contributed by atoms with Crippen LogP contribution in [0.4, 0.5) is 5.69 Å². The van der Waals surface area contributed by atoms with Gasteiger partial charge in [-0.2, -0.15) is 0 Å². The summed E-state index contributed by atoms with van der Waals surface area (Å²) in [4.78, 5) is 13.9. The van der Waals surface area contributed by atoms with Crippen LogP contribution >= 0.6 is 0 Å². The Hall–Kier alpha value is -2.33. The summed E-state index contributed by atoms with van der Waals surface area (Å²) < 4.78 is 0. The maximum absolute atomic E-state index is 12.0. The van der Waals surface area contributed by atoms with Crippen LogP contribution in [0.15, 0.2) is 60.7 Å². The first-order chi connectivity index (χ1) is 9.75. The summed E-state index contributed by atoms with van der Waals surface area (Å²) in [7, 11) is 0. The minimum Gasteiger partial charge on any atom is -0.478 e. The second-order valence-electron chi connectivity index (χ2n) is 4.80. The zero-order chi connectivity index (χ0) is 14.0. The molecule has 1 unspecified atom stereocenters. The molecule has 0 spiro atoms. The molecule has 4 heteroatoms. The van der Waals surface area contributed by atoms with Crippen molar-refractivity contribution in [2.75, 3.05) is 18.0 Å². The van der Waals surface area contributed by atoms with Crippen molar-refractivity contribution in [1.29, 1.82) is 0 Å². The molecule has 2 aromatic carbocycles. The number of carboxylic acid groups (broad SMARTS) is 1. The van der Waals surface area contributed by atoms with Crippen molar-refractivity contribution in [3.63, 3.8) is 0 Å². The van der Waals surface area contributed by atoms with Crippen LogP contribution in [-0.2, 0) is 10.5 Å². The first kappa shape index (κ1) is 12.7. The predicted molar refractivity (Wildman–Crippen MR) is 77.5 cm³/mol. The van der Waals surface area contributed by atoms with Gasteiger partial charge >= 0.3 is 5.97 Å². The molecule has 20 heavy (non-hydrogen) atoms. The van der Waals surface area contributed by atoms with E-state index in [1.165, 1.54) is 0 Å². The summed E-state index contributed by atoms with van der Waals surface area (Å²) in [6, 6.07) is 19.0. The molecule has 0 saturated carbocycles.